The average Bonchev–Trinajstić information content (AvgIpc) is 2.85. The van der Waals surface area contributed by atoms with Gasteiger partial charge >= 0.3 is 0 Å². The molecule has 1 heteroatoms. The van der Waals surface area contributed by atoms with Crippen molar-refractivity contribution in [2.45, 2.75) is 32.2 Å². The van der Waals surface area contributed by atoms with Crippen molar-refractivity contribution in [2.24, 2.45) is 4.99 Å². The molecule has 0 spiro atoms. The van der Waals surface area contributed by atoms with Gasteiger partial charge < -0.3 is 0 Å². The summed E-state index contributed by atoms with van der Waals surface area (Å²) >= 11 is 0. The predicted octanol–water partition coefficient (Wildman–Crippen LogP) is 8.28. The second kappa shape index (κ2) is 10.3. The highest BCUT2D eigenvalue weighted by Gasteiger charge is 2.14. The lowest BCUT2D eigenvalue weighted by atomic mass is 9.86. The minimum Gasteiger partial charge on any atom is -0.272 e. The Bertz CT molecular complexity index is 1160. The lowest BCUT2D eigenvalue weighted by Crippen LogP contribution is -2.10. The van der Waals surface area contributed by atoms with E-state index in [1.807, 2.05) is 12.1 Å². The van der Waals surface area contributed by atoms with Crippen molar-refractivity contribution in [1.29, 1.82) is 0 Å². The van der Waals surface area contributed by atoms with Gasteiger partial charge in [0.15, 0.2) is 0 Å². The Morgan fingerprint density at radius 1 is 0.636 bits per heavy atom. The van der Waals surface area contributed by atoms with Crippen molar-refractivity contribution in [2.75, 3.05) is 0 Å². The van der Waals surface area contributed by atoms with Gasteiger partial charge in [-0.2, -0.15) is 0 Å². The van der Waals surface area contributed by atoms with Gasteiger partial charge in [-0.3, -0.25) is 4.99 Å². The summed E-state index contributed by atoms with van der Waals surface area (Å²) in [4.78, 5) is 5.29. The maximum atomic E-state index is 5.29. The first-order valence-corrected chi connectivity index (χ1v) is 11.5. The summed E-state index contributed by atoms with van der Waals surface area (Å²) < 4.78 is 0. The fourth-order valence-electron chi connectivity index (χ4n) is 3.82. The minimum absolute atomic E-state index is 0.0936. The van der Waals surface area contributed by atoms with E-state index in [0.717, 1.165) is 16.8 Å². The Labute approximate surface area is 198 Å². The van der Waals surface area contributed by atoms with E-state index in [1.54, 1.807) is 0 Å². The summed E-state index contributed by atoms with van der Waals surface area (Å²) in [5.41, 5.74) is 7.08. The van der Waals surface area contributed by atoms with Crippen LogP contribution in [0, 0.1) is 0 Å². The van der Waals surface area contributed by atoms with Gasteiger partial charge in [0, 0.05) is 11.1 Å². The minimum atomic E-state index is -0.0936. The van der Waals surface area contributed by atoms with Gasteiger partial charge in [0.1, 0.15) is 0 Å². The molecule has 0 saturated carbocycles. The van der Waals surface area contributed by atoms with Crippen LogP contribution >= 0.6 is 0 Å². The fourth-order valence-corrected chi connectivity index (χ4v) is 3.82. The number of aliphatic imine (C=N–C) groups is 1. The SMILES string of the molecule is CC(C)(C)c1ccc(/C=C/C(N=C(c2ccccc2)c2ccccc2)c2ccccc2)cc1. The van der Waals surface area contributed by atoms with Gasteiger partial charge in [-0.05, 0) is 22.1 Å². The maximum Gasteiger partial charge on any atom is 0.0941 e. The number of nitrogens with zero attached hydrogens (tertiary/aromatic N) is 1. The monoisotopic (exact) mass is 429 g/mol. The molecular weight excluding hydrogens is 398 g/mol. The molecule has 0 aliphatic rings. The van der Waals surface area contributed by atoms with Crippen LogP contribution < -0.4 is 0 Å². The van der Waals surface area contributed by atoms with Crippen LogP contribution in [-0.2, 0) is 5.41 Å². The van der Waals surface area contributed by atoms with Crippen molar-refractivity contribution in [3.05, 3.63) is 149 Å². The van der Waals surface area contributed by atoms with Crippen LogP contribution in [0.5, 0.6) is 0 Å². The topological polar surface area (TPSA) is 12.4 Å². The van der Waals surface area contributed by atoms with E-state index in [0.29, 0.717) is 0 Å². The van der Waals surface area contributed by atoms with Gasteiger partial charge in [-0.25, -0.2) is 0 Å². The third-order valence-electron chi connectivity index (χ3n) is 5.75. The van der Waals surface area contributed by atoms with Crippen molar-refractivity contribution in [3.63, 3.8) is 0 Å². The highest BCUT2D eigenvalue weighted by molar-refractivity contribution is 6.13. The molecule has 0 amide bonds. The molecule has 1 atom stereocenters. The van der Waals surface area contributed by atoms with Crippen LogP contribution in [0.25, 0.3) is 6.08 Å². The Hall–Kier alpha value is -3.71. The van der Waals surface area contributed by atoms with E-state index in [-0.39, 0.29) is 11.5 Å². The van der Waals surface area contributed by atoms with Gasteiger partial charge in [-0.15, -0.1) is 0 Å². The summed E-state index contributed by atoms with van der Waals surface area (Å²) in [6.45, 7) is 6.73. The molecule has 0 fully saturated rings. The van der Waals surface area contributed by atoms with Crippen molar-refractivity contribution < 1.29 is 0 Å². The summed E-state index contributed by atoms with van der Waals surface area (Å²) in [6, 6.07) is 40.1. The first-order valence-electron chi connectivity index (χ1n) is 11.5. The highest BCUT2D eigenvalue weighted by atomic mass is 14.8. The number of benzene rings is 4. The van der Waals surface area contributed by atoms with Gasteiger partial charge in [-0.1, -0.05) is 148 Å². The Balaban J connectivity index is 1.75. The normalized spacial score (nSPS) is 12.5. The Morgan fingerprint density at radius 2 is 1.12 bits per heavy atom. The zero-order valence-electron chi connectivity index (χ0n) is 19.6. The first kappa shape index (κ1) is 22.5. The van der Waals surface area contributed by atoms with E-state index >= 15 is 0 Å². The number of hydrogen-bond donors (Lipinski definition) is 0. The smallest absolute Gasteiger partial charge is 0.0941 e. The summed E-state index contributed by atoms with van der Waals surface area (Å²) in [5.74, 6) is 0. The zero-order chi connectivity index (χ0) is 23.1. The van der Waals surface area contributed by atoms with E-state index in [9.17, 15) is 0 Å². The third-order valence-corrected chi connectivity index (χ3v) is 5.75. The van der Waals surface area contributed by atoms with Crippen molar-refractivity contribution in [1.82, 2.24) is 0 Å². The molecule has 0 N–H and O–H groups in total. The second-order valence-corrected chi connectivity index (χ2v) is 9.30. The van der Waals surface area contributed by atoms with Crippen molar-refractivity contribution in [3.8, 4) is 0 Å². The molecule has 4 aromatic rings. The van der Waals surface area contributed by atoms with Crippen LogP contribution in [0.2, 0.25) is 0 Å². The molecule has 0 aliphatic heterocycles. The first-order chi connectivity index (χ1) is 16.0. The predicted molar refractivity (Wildman–Crippen MR) is 142 cm³/mol. The largest absolute Gasteiger partial charge is 0.272 e. The molecule has 0 aromatic heterocycles. The maximum absolute atomic E-state index is 5.29. The molecule has 0 radical (unpaired) electrons. The third kappa shape index (κ3) is 5.96. The van der Waals surface area contributed by atoms with Gasteiger partial charge in [0.05, 0.1) is 11.8 Å². The highest BCUT2D eigenvalue weighted by Crippen LogP contribution is 2.25. The average molecular weight is 430 g/mol. The Morgan fingerprint density at radius 3 is 1.61 bits per heavy atom. The standard InChI is InChI=1S/C32H31N/c1-32(2,3)29-22-19-25(20-23-29)21-24-30(26-13-7-4-8-14-26)33-31(27-15-9-5-10-16-27)28-17-11-6-12-18-28/h4-24,30H,1-3H3/b24-21+. The summed E-state index contributed by atoms with van der Waals surface area (Å²) in [5, 5.41) is 0. The molecule has 1 unspecified atom stereocenters. The van der Waals surface area contributed by atoms with Crippen LogP contribution in [0.1, 0.15) is 54.6 Å². The van der Waals surface area contributed by atoms with Gasteiger partial charge in [0.25, 0.3) is 0 Å². The lowest BCUT2D eigenvalue weighted by Gasteiger charge is -2.18. The molecular formula is C32H31N. The van der Waals surface area contributed by atoms with E-state index in [1.165, 1.54) is 16.7 Å². The molecule has 0 aliphatic carbocycles. The fraction of sp³-hybridized carbons (Fsp3) is 0.156. The molecule has 0 bridgehead atoms. The zero-order valence-corrected chi connectivity index (χ0v) is 19.6. The Kier molecular flexibility index (Phi) is 7.00. The molecule has 0 saturated heterocycles. The molecule has 0 heterocycles. The van der Waals surface area contributed by atoms with Crippen LogP contribution in [0.15, 0.2) is 126 Å². The lowest BCUT2D eigenvalue weighted by molar-refractivity contribution is 0.590. The molecule has 4 aromatic carbocycles. The molecule has 4 rings (SSSR count). The van der Waals surface area contributed by atoms with E-state index in [4.69, 9.17) is 4.99 Å². The molecule has 1 nitrogen and oxygen atoms in total. The van der Waals surface area contributed by atoms with Crippen LogP contribution in [0.4, 0.5) is 0 Å². The van der Waals surface area contributed by atoms with E-state index < -0.39 is 0 Å². The quantitative estimate of drug-likeness (QED) is 0.273. The van der Waals surface area contributed by atoms with Gasteiger partial charge in [0.2, 0.25) is 0 Å². The molecule has 33 heavy (non-hydrogen) atoms. The van der Waals surface area contributed by atoms with Crippen LogP contribution in [-0.4, -0.2) is 5.71 Å². The number of hydrogen-bond acceptors (Lipinski definition) is 1. The number of rotatable bonds is 6. The summed E-state index contributed by atoms with van der Waals surface area (Å²) in [6.07, 6.45) is 4.38. The summed E-state index contributed by atoms with van der Waals surface area (Å²) in [7, 11) is 0. The van der Waals surface area contributed by atoms with Crippen LogP contribution in [0.3, 0.4) is 0 Å². The molecule has 164 valence electrons. The van der Waals surface area contributed by atoms with Crippen molar-refractivity contribution >= 4 is 11.8 Å². The van der Waals surface area contributed by atoms with E-state index in [2.05, 4.69) is 136 Å². The second-order valence-electron chi connectivity index (χ2n) is 9.30.